The summed E-state index contributed by atoms with van der Waals surface area (Å²) in [5.74, 6) is -1.23. The molecule has 0 radical (unpaired) electrons. The minimum Gasteiger partial charge on any atom is -0.489 e. The number of hydrogen-bond donors (Lipinski definition) is 2. The van der Waals surface area contributed by atoms with Crippen LogP contribution in [0.2, 0.25) is 15.1 Å². The van der Waals surface area contributed by atoms with Crippen LogP contribution in [-0.2, 0) is 16.2 Å². The minimum absolute atomic E-state index is 0.227. The zero-order valence-corrected chi connectivity index (χ0v) is 18.2. The first kappa shape index (κ1) is 22.6. The van der Waals surface area contributed by atoms with Crippen LogP contribution < -0.4 is 15.5 Å². The van der Waals surface area contributed by atoms with E-state index in [4.69, 9.17) is 39.5 Å². The van der Waals surface area contributed by atoms with Gasteiger partial charge in [0, 0.05) is 15.6 Å². The summed E-state index contributed by atoms with van der Waals surface area (Å²) in [5.41, 5.74) is 3.96. The molecule has 0 aromatic heterocycles. The molecule has 0 atom stereocenters. The van der Waals surface area contributed by atoms with Crippen LogP contribution in [0, 0.1) is 0 Å². The third kappa shape index (κ3) is 6.72. The smallest absolute Gasteiger partial charge is 0.329 e. The number of halogens is 3. The van der Waals surface area contributed by atoms with Gasteiger partial charge in [0.1, 0.15) is 12.4 Å². The Morgan fingerprint density at radius 1 is 0.903 bits per heavy atom. The fourth-order valence-electron chi connectivity index (χ4n) is 2.42. The summed E-state index contributed by atoms with van der Waals surface area (Å²) < 4.78 is 5.70. The van der Waals surface area contributed by atoms with Crippen LogP contribution in [0.4, 0.5) is 5.69 Å². The quantitative estimate of drug-likeness (QED) is 0.287. The molecule has 0 heterocycles. The Balaban J connectivity index is 1.50. The van der Waals surface area contributed by atoms with Crippen LogP contribution in [0.5, 0.6) is 5.75 Å². The molecule has 3 aromatic rings. The van der Waals surface area contributed by atoms with Crippen molar-refractivity contribution in [1.29, 1.82) is 0 Å². The van der Waals surface area contributed by atoms with E-state index in [2.05, 4.69) is 15.8 Å². The maximum atomic E-state index is 12.0. The number of nitrogens with one attached hydrogen (secondary N) is 2. The average molecular weight is 477 g/mol. The third-order valence-corrected chi connectivity index (χ3v) is 4.93. The standard InChI is InChI=1S/C22H16Cl3N3O3/c23-16-7-10-19(25)20(11-16)27-21(29)22(30)28-26-12-14-5-8-17(9-6-14)31-13-15-3-1-2-4-18(15)24/h1-12H,13H2,(H,27,29)(H,28,30). The molecule has 9 heteroatoms. The van der Waals surface area contributed by atoms with Gasteiger partial charge in [-0.05, 0) is 54.1 Å². The molecule has 2 N–H and O–H groups in total. The van der Waals surface area contributed by atoms with Gasteiger partial charge in [0.05, 0.1) is 16.9 Å². The lowest BCUT2D eigenvalue weighted by Gasteiger charge is -2.08. The summed E-state index contributed by atoms with van der Waals surface area (Å²) in [6, 6.07) is 19.0. The Kier molecular flexibility index (Phi) is 7.89. The molecule has 0 saturated heterocycles. The van der Waals surface area contributed by atoms with Gasteiger partial charge in [0.2, 0.25) is 0 Å². The van der Waals surface area contributed by atoms with Gasteiger partial charge in [-0.3, -0.25) is 9.59 Å². The van der Waals surface area contributed by atoms with E-state index in [1.54, 1.807) is 36.4 Å². The number of carbonyl (C=O) groups excluding carboxylic acids is 2. The monoisotopic (exact) mass is 475 g/mol. The summed E-state index contributed by atoms with van der Waals surface area (Å²) in [7, 11) is 0. The highest BCUT2D eigenvalue weighted by Crippen LogP contribution is 2.25. The van der Waals surface area contributed by atoms with Gasteiger partial charge >= 0.3 is 11.8 Å². The van der Waals surface area contributed by atoms with Gasteiger partial charge in [-0.15, -0.1) is 0 Å². The van der Waals surface area contributed by atoms with Crippen LogP contribution in [0.25, 0.3) is 0 Å². The number of carbonyl (C=O) groups is 2. The second kappa shape index (κ2) is 10.8. The number of nitrogens with zero attached hydrogens (tertiary/aromatic N) is 1. The second-order valence-corrected chi connectivity index (χ2v) is 7.48. The predicted molar refractivity (Wildman–Crippen MR) is 123 cm³/mol. The summed E-state index contributed by atoms with van der Waals surface area (Å²) in [6.07, 6.45) is 1.40. The lowest BCUT2D eigenvalue weighted by atomic mass is 10.2. The Morgan fingerprint density at radius 2 is 1.65 bits per heavy atom. The van der Waals surface area contributed by atoms with Crippen LogP contribution in [-0.4, -0.2) is 18.0 Å². The van der Waals surface area contributed by atoms with Crippen molar-refractivity contribution in [3.63, 3.8) is 0 Å². The molecule has 0 aliphatic heterocycles. The Hall–Kier alpha value is -3.06. The number of hydrogen-bond acceptors (Lipinski definition) is 4. The summed E-state index contributed by atoms with van der Waals surface area (Å²) >= 11 is 17.9. The summed E-state index contributed by atoms with van der Waals surface area (Å²) in [4.78, 5) is 23.8. The zero-order valence-electron chi connectivity index (χ0n) is 15.9. The van der Waals surface area contributed by atoms with Crippen molar-refractivity contribution in [2.75, 3.05) is 5.32 Å². The number of benzene rings is 3. The summed E-state index contributed by atoms with van der Waals surface area (Å²) in [5, 5.41) is 7.42. The first-order valence-corrected chi connectivity index (χ1v) is 10.1. The van der Waals surface area contributed by atoms with Crippen molar-refractivity contribution in [2.45, 2.75) is 6.61 Å². The third-order valence-electron chi connectivity index (χ3n) is 3.99. The van der Waals surface area contributed by atoms with Crippen molar-refractivity contribution >= 4 is 58.5 Å². The maximum absolute atomic E-state index is 12.0. The van der Waals surface area contributed by atoms with E-state index in [9.17, 15) is 9.59 Å². The highest BCUT2D eigenvalue weighted by molar-refractivity contribution is 6.42. The molecule has 3 aromatic carbocycles. The molecular formula is C22H16Cl3N3O3. The van der Waals surface area contributed by atoms with Crippen LogP contribution in [0.3, 0.4) is 0 Å². The number of anilines is 1. The molecule has 3 rings (SSSR count). The van der Waals surface area contributed by atoms with Gasteiger partial charge < -0.3 is 10.1 Å². The molecule has 0 bridgehead atoms. The number of rotatable bonds is 6. The van der Waals surface area contributed by atoms with Gasteiger partial charge in [0.15, 0.2) is 0 Å². The van der Waals surface area contributed by atoms with E-state index in [1.165, 1.54) is 18.3 Å². The maximum Gasteiger partial charge on any atom is 0.329 e. The largest absolute Gasteiger partial charge is 0.489 e. The lowest BCUT2D eigenvalue weighted by Crippen LogP contribution is -2.32. The van der Waals surface area contributed by atoms with E-state index >= 15 is 0 Å². The van der Waals surface area contributed by atoms with Crippen LogP contribution in [0.15, 0.2) is 71.8 Å². The van der Waals surface area contributed by atoms with Crippen molar-refractivity contribution in [1.82, 2.24) is 5.43 Å². The molecule has 0 aliphatic rings. The number of hydrazone groups is 1. The minimum atomic E-state index is -0.952. The zero-order chi connectivity index (χ0) is 22.2. The first-order chi connectivity index (χ1) is 14.9. The molecule has 0 unspecified atom stereocenters. The van der Waals surface area contributed by atoms with Crippen molar-refractivity contribution in [2.24, 2.45) is 5.10 Å². The molecule has 31 heavy (non-hydrogen) atoms. The summed E-state index contributed by atoms with van der Waals surface area (Å²) in [6.45, 7) is 0.342. The highest BCUT2D eigenvalue weighted by Gasteiger charge is 2.14. The van der Waals surface area contributed by atoms with E-state index in [0.29, 0.717) is 28.0 Å². The fraction of sp³-hybridized carbons (Fsp3) is 0.0455. The Bertz CT molecular complexity index is 1120. The van der Waals surface area contributed by atoms with Gasteiger partial charge in [-0.25, -0.2) is 5.43 Å². The lowest BCUT2D eigenvalue weighted by molar-refractivity contribution is -0.136. The molecular weight excluding hydrogens is 461 g/mol. The first-order valence-electron chi connectivity index (χ1n) is 8.98. The van der Waals surface area contributed by atoms with E-state index in [1.807, 2.05) is 18.2 Å². The molecule has 0 spiro atoms. The Morgan fingerprint density at radius 3 is 2.39 bits per heavy atom. The predicted octanol–water partition coefficient (Wildman–Crippen LogP) is 5.31. The van der Waals surface area contributed by atoms with Crippen molar-refractivity contribution in [3.8, 4) is 5.75 Å². The SMILES string of the molecule is O=C(NN=Cc1ccc(OCc2ccccc2Cl)cc1)C(=O)Nc1cc(Cl)ccc1Cl. The molecule has 0 saturated carbocycles. The normalized spacial score (nSPS) is 10.7. The van der Waals surface area contributed by atoms with E-state index < -0.39 is 11.8 Å². The Labute approximate surface area is 193 Å². The molecule has 2 amide bonds. The van der Waals surface area contributed by atoms with Gasteiger partial charge in [-0.2, -0.15) is 5.10 Å². The molecule has 6 nitrogen and oxygen atoms in total. The van der Waals surface area contributed by atoms with Crippen LogP contribution in [0.1, 0.15) is 11.1 Å². The topological polar surface area (TPSA) is 79.8 Å². The second-order valence-electron chi connectivity index (χ2n) is 6.23. The molecule has 0 fully saturated rings. The number of ether oxygens (including phenoxy) is 1. The fourth-order valence-corrected chi connectivity index (χ4v) is 2.94. The van der Waals surface area contributed by atoms with Crippen LogP contribution >= 0.6 is 34.8 Å². The highest BCUT2D eigenvalue weighted by atomic mass is 35.5. The van der Waals surface area contributed by atoms with Crippen molar-refractivity contribution < 1.29 is 14.3 Å². The van der Waals surface area contributed by atoms with E-state index in [0.717, 1.165) is 5.56 Å². The molecule has 158 valence electrons. The van der Waals surface area contributed by atoms with Crippen molar-refractivity contribution in [3.05, 3.63) is 92.9 Å². The van der Waals surface area contributed by atoms with Gasteiger partial charge in [0.25, 0.3) is 0 Å². The van der Waals surface area contributed by atoms with E-state index in [-0.39, 0.29) is 10.7 Å². The van der Waals surface area contributed by atoms with Gasteiger partial charge in [-0.1, -0.05) is 53.0 Å². The number of amides is 2. The molecule has 0 aliphatic carbocycles. The average Bonchev–Trinajstić information content (AvgIpc) is 2.76.